The van der Waals surface area contributed by atoms with Crippen LogP contribution in [0.5, 0.6) is 0 Å². The van der Waals surface area contributed by atoms with Gasteiger partial charge in [-0.3, -0.25) is 9.52 Å². The van der Waals surface area contributed by atoms with Gasteiger partial charge in [0.25, 0.3) is 5.91 Å². The van der Waals surface area contributed by atoms with Gasteiger partial charge in [-0.1, -0.05) is 18.1 Å². The Labute approximate surface area is 100 Å². The average Bonchev–Trinajstić information content (AvgIpc) is 2.24. The van der Waals surface area contributed by atoms with Crippen LogP contribution < -0.4 is 10.0 Å². The van der Waals surface area contributed by atoms with Crippen molar-refractivity contribution in [1.29, 1.82) is 0 Å². The summed E-state index contributed by atoms with van der Waals surface area (Å²) in [7, 11) is -3.42. The van der Waals surface area contributed by atoms with Crippen LogP contribution in [0.1, 0.15) is 10.4 Å². The number of nitrogens with one attached hydrogen (secondary N) is 2. The van der Waals surface area contributed by atoms with Crippen molar-refractivity contribution in [2.24, 2.45) is 0 Å². The molecule has 2 N–H and O–H groups in total. The fourth-order valence-corrected chi connectivity index (χ4v) is 1.77. The lowest BCUT2D eigenvalue weighted by Gasteiger charge is -2.09. The summed E-state index contributed by atoms with van der Waals surface area (Å²) in [5, 5.41) is 2.46. The van der Waals surface area contributed by atoms with Crippen LogP contribution in [0.4, 0.5) is 5.69 Å². The number of benzene rings is 1. The molecule has 0 fully saturated rings. The van der Waals surface area contributed by atoms with Gasteiger partial charge in [0.15, 0.2) is 0 Å². The molecule has 0 atom stereocenters. The summed E-state index contributed by atoms with van der Waals surface area (Å²) in [6.45, 7) is 0.0893. The molecule has 0 aliphatic rings. The van der Waals surface area contributed by atoms with Gasteiger partial charge in [-0.05, 0) is 12.1 Å². The highest BCUT2D eigenvalue weighted by atomic mass is 32.2. The lowest BCUT2D eigenvalue weighted by atomic mass is 10.2. The lowest BCUT2D eigenvalue weighted by molar-refractivity contribution is 0.0959. The van der Waals surface area contributed by atoms with Gasteiger partial charge in [0.2, 0.25) is 10.0 Å². The number of sulfonamides is 1. The van der Waals surface area contributed by atoms with Crippen molar-refractivity contribution < 1.29 is 13.2 Å². The summed E-state index contributed by atoms with van der Waals surface area (Å²) in [6, 6.07) is 6.29. The zero-order chi connectivity index (χ0) is 12.9. The Balaban J connectivity index is 3.00. The topological polar surface area (TPSA) is 75.3 Å². The van der Waals surface area contributed by atoms with Crippen LogP contribution in [0.25, 0.3) is 0 Å². The minimum Gasteiger partial charge on any atom is -0.341 e. The first-order valence-corrected chi connectivity index (χ1v) is 6.61. The maximum Gasteiger partial charge on any atom is 0.254 e. The summed E-state index contributed by atoms with van der Waals surface area (Å²) in [6.07, 6.45) is 6.04. The number of terminal acetylenes is 1. The van der Waals surface area contributed by atoms with Crippen LogP contribution in [0, 0.1) is 12.3 Å². The van der Waals surface area contributed by atoms with Gasteiger partial charge >= 0.3 is 0 Å². The number of carbonyl (C=O) groups excluding carboxylic acids is 1. The Morgan fingerprint density at radius 1 is 1.41 bits per heavy atom. The Kier molecular flexibility index (Phi) is 4.12. The first-order valence-electron chi connectivity index (χ1n) is 4.72. The molecule has 0 aliphatic carbocycles. The number of para-hydroxylation sites is 1. The third kappa shape index (κ3) is 4.17. The van der Waals surface area contributed by atoms with E-state index in [-0.39, 0.29) is 17.8 Å². The van der Waals surface area contributed by atoms with Crippen molar-refractivity contribution >= 4 is 21.6 Å². The summed E-state index contributed by atoms with van der Waals surface area (Å²) in [5.41, 5.74) is 0.456. The number of carbonyl (C=O) groups is 1. The number of hydrogen-bond donors (Lipinski definition) is 2. The number of amides is 1. The first-order chi connectivity index (χ1) is 7.94. The number of hydrogen-bond acceptors (Lipinski definition) is 3. The van der Waals surface area contributed by atoms with Crippen molar-refractivity contribution in [3.05, 3.63) is 29.8 Å². The van der Waals surface area contributed by atoms with Crippen molar-refractivity contribution in [2.75, 3.05) is 17.5 Å². The molecule has 0 unspecified atom stereocenters. The second kappa shape index (κ2) is 5.37. The van der Waals surface area contributed by atoms with E-state index in [0.29, 0.717) is 0 Å². The summed E-state index contributed by atoms with van der Waals surface area (Å²) >= 11 is 0. The van der Waals surface area contributed by atoms with Gasteiger partial charge < -0.3 is 5.32 Å². The predicted molar refractivity (Wildman–Crippen MR) is 66.1 cm³/mol. The second-order valence-corrected chi connectivity index (χ2v) is 5.06. The average molecular weight is 252 g/mol. The fraction of sp³-hybridized carbons (Fsp3) is 0.182. The lowest BCUT2D eigenvalue weighted by Crippen LogP contribution is -2.25. The fourth-order valence-electron chi connectivity index (χ4n) is 1.20. The van der Waals surface area contributed by atoms with Gasteiger partial charge in [0.05, 0.1) is 24.1 Å². The van der Waals surface area contributed by atoms with E-state index < -0.39 is 15.9 Å². The zero-order valence-electron chi connectivity index (χ0n) is 9.23. The smallest absolute Gasteiger partial charge is 0.254 e. The monoisotopic (exact) mass is 252 g/mol. The molecule has 5 nitrogen and oxygen atoms in total. The molecule has 0 radical (unpaired) electrons. The standard InChI is InChI=1S/C11H12N2O3S/c1-3-8-12-11(14)9-6-4-5-7-10(9)13-17(2,15)16/h1,4-7,13H,8H2,2H3,(H,12,14). The second-order valence-electron chi connectivity index (χ2n) is 3.31. The van der Waals surface area contributed by atoms with E-state index in [1.807, 2.05) is 0 Å². The molecular weight excluding hydrogens is 240 g/mol. The molecule has 1 aromatic carbocycles. The molecule has 1 aromatic rings. The minimum atomic E-state index is -3.42. The van der Waals surface area contributed by atoms with E-state index in [1.54, 1.807) is 12.1 Å². The van der Waals surface area contributed by atoms with Crippen LogP contribution in [-0.4, -0.2) is 27.1 Å². The van der Waals surface area contributed by atoms with Crippen LogP contribution in [0.3, 0.4) is 0 Å². The predicted octanol–water partition coefficient (Wildman–Crippen LogP) is 0.421. The molecule has 0 bridgehead atoms. The molecule has 0 saturated carbocycles. The van der Waals surface area contributed by atoms with Crippen LogP contribution in [0.2, 0.25) is 0 Å². The Morgan fingerprint density at radius 2 is 2.06 bits per heavy atom. The van der Waals surface area contributed by atoms with E-state index in [0.717, 1.165) is 6.26 Å². The zero-order valence-corrected chi connectivity index (χ0v) is 10.0. The summed E-state index contributed by atoms with van der Waals surface area (Å²) in [5.74, 6) is 1.84. The Morgan fingerprint density at radius 3 is 2.65 bits per heavy atom. The highest BCUT2D eigenvalue weighted by Crippen LogP contribution is 2.15. The Bertz CT molecular complexity index is 558. The highest BCUT2D eigenvalue weighted by molar-refractivity contribution is 7.92. The van der Waals surface area contributed by atoms with E-state index in [4.69, 9.17) is 6.42 Å². The molecule has 17 heavy (non-hydrogen) atoms. The summed E-state index contributed by atoms with van der Waals surface area (Å²) in [4.78, 5) is 11.7. The van der Waals surface area contributed by atoms with Crippen LogP contribution >= 0.6 is 0 Å². The van der Waals surface area contributed by atoms with Gasteiger partial charge in [-0.15, -0.1) is 6.42 Å². The van der Waals surface area contributed by atoms with Crippen molar-refractivity contribution in [3.63, 3.8) is 0 Å². The molecule has 6 heteroatoms. The molecular formula is C11H12N2O3S. The van der Waals surface area contributed by atoms with Crippen molar-refractivity contribution in [2.45, 2.75) is 0 Å². The minimum absolute atomic E-state index is 0.0893. The van der Waals surface area contributed by atoms with Gasteiger partial charge in [-0.2, -0.15) is 0 Å². The van der Waals surface area contributed by atoms with E-state index in [9.17, 15) is 13.2 Å². The maximum absolute atomic E-state index is 11.7. The normalized spacial score (nSPS) is 10.4. The maximum atomic E-state index is 11.7. The third-order valence-corrected chi connectivity index (χ3v) is 2.41. The van der Waals surface area contributed by atoms with Crippen LogP contribution in [-0.2, 0) is 10.0 Å². The Hall–Kier alpha value is -2.00. The highest BCUT2D eigenvalue weighted by Gasteiger charge is 2.12. The largest absolute Gasteiger partial charge is 0.341 e. The van der Waals surface area contributed by atoms with Gasteiger partial charge in [0, 0.05) is 0 Å². The summed E-state index contributed by atoms with van der Waals surface area (Å²) < 4.78 is 24.5. The molecule has 0 aromatic heterocycles. The molecule has 0 spiro atoms. The van der Waals surface area contributed by atoms with E-state index in [2.05, 4.69) is 16.0 Å². The SMILES string of the molecule is C#CCNC(=O)c1ccccc1NS(C)(=O)=O. The first kappa shape index (κ1) is 13.1. The van der Waals surface area contributed by atoms with Gasteiger partial charge in [0.1, 0.15) is 0 Å². The number of rotatable bonds is 4. The molecule has 0 saturated heterocycles. The van der Waals surface area contributed by atoms with E-state index in [1.165, 1.54) is 12.1 Å². The molecule has 0 heterocycles. The molecule has 1 rings (SSSR count). The van der Waals surface area contributed by atoms with Crippen LogP contribution in [0.15, 0.2) is 24.3 Å². The quantitative estimate of drug-likeness (QED) is 0.763. The molecule has 90 valence electrons. The number of anilines is 1. The van der Waals surface area contributed by atoms with E-state index >= 15 is 0 Å². The molecule has 0 aliphatic heterocycles. The van der Waals surface area contributed by atoms with Gasteiger partial charge in [-0.25, -0.2) is 8.42 Å². The molecule has 1 amide bonds. The van der Waals surface area contributed by atoms with Crippen molar-refractivity contribution in [3.8, 4) is 12.3 Å². The van der Waals surface area contributed by atoms with Crippen molar-refractivity contribution in [1.82, 2.24) is 5.32 Å². The third-order valence-electron chi connectivity index (χ3n) is 1.82.